The van der Waals surface area contributed by atoms with Gasteiger partial charge in [-0.2, -0.15) is 0 Å². The summed E-state index contributed by atoms with van der Waals surface area (Å²) in [6.07, 6.45) is 4.28. The lowest BCUT2D eigenvalue weighted by Gasteiger charge is -2.24. The van der Waals surface area contributed by atoms with E-state index in [1.165, 1.54) is 0 Å². The largest absolute Gasteiger partial charge is 0.369 e. The van der Waals surface area contributed by atoms with Gasteiger partial charge in [0.15, 0.2) is 9.84 Å². The van der Waals surface area contributed by atoms with Gasteiger partial charge in [0.1, 0.15) is 0 Å². The van der Waals surface area contributed by atoms with Gasteiger partial charge in [-0.05, 0) is 25.1 Å². The number of sulfone groups is 1. The van der Waals surface area contributed by atoms with Gasteiger partial charge in [0.05, 0.1) is 23.4 Å². The maximum Gasteiger partial charge on any atom is 0.152 e. The Labute approximate surface area is 108 Å². The van der Waals surface area contributed by atoms with Crippen LogP contribution in [0.15, 0.2) is 18.5 Å². The molecule has 0 saturated carbocycles. The summed E-state index contributed by atoms with van der Waals surface area (Å²) in [4.78, 5) is 6.28. The van der Waals surface area contributed by atoms with E-state index >= 15 is 0 Å². The Morgan fingerprint density at radius 3 is 3.00 bits per heavy atom. The molecule has 0 aliphatic carbocycles. The number of pyridine rings is 1. The second kappa shape index (κ2) is 5.67. The van der Waals surface area contributed by atoms with Crippen LogP contribution in [0.25, 0.3) is 0 Å². The van der Waals surface area contributed by atoms with E-state index in [1.54, 1.807) is 6.20 Å². The van der Waals surface area contributed by atoms with Crippen LogP contribution < -0.4 is 10.2 Å². The minimum absolute atomic E-state index is 0.237. The first kappa shape index (κ1) is 13.3. The molecule has 0 atom stereocenters. The lowest BCUT2D eigenvalue weighted by molar-refractivity contribution is 0.597. The number of nitrogens with zero attached hydrogens (tertiary/aromatic N) is 2. The van der Waals surface area contributed by atoms with Gasteiger partial charge >= 0.3 is 0 Å². The molecule has 18 heavy (non-hydrogen) atoms. The molecule has 0 radical (unpaired) electrons. The Balaban J connectivity index is 2.20. The van der Waals surface area contributed by atoms with Gasteiger partial charge in [0.25, 0.3) is 0 Å². The Hall–Kier alpha value is -1.14. The molecular formula is C12H19N3O2S. The number of hydrogen-bond donors (Lipinski definition) is 1. The first-order valence-electron chi connectivity index (χ1n) is 6.15. The predicted octanol–water partition coefficient (Wildman–Crippen LogP) is 0.426. The molecule has 1 aromatic rings. The van der Waals surface area contributed by atoms with E-state index < -0.39 is 9.84 Å². The molecule has 1 fully saturated rings. The molecular weight excluding hydrogens is 250 g/mol. The van der Waals surface area contributed by atoms with E-state index in [2.05, 4.69) is 15.2 Å². The molecule has 0 amide bonds. The summed E-state index contributed by atoms with van der Waals surface area (Å²) in [5, 5.41) is 3.12. The van der Waals surface area contributed by atoms with E-state index in [-0.39, 0.29) is 5.75 Å². The molecule has 0 aromatic carbocycles. The van der Waals surface area contributed by atoms with Crippen LogP contribution in [0.3, 0.4) is 0 Å². The maximum atomic E-state index is 11.6. The van der Waals surface area contributed by atoms with Gasteiger partial charge in [-0.25, -0.2) is 8.42 Å². The molecule has 1 saturated heterocycles. The molecule has 1 aliphatic heterocycles. The highest BCUT2D eigenvalue weighted by Crippen LogP contribution is 2.21. The molecule has 0 bridgehead atoms. The molecule has 0 spiro atoms. The van der Waals surface area contributed by atoms with Crippen LogP contribution in [0, 0.1) is 0 Å². The molecule has 1 N–H and O–H groups in total. The van der Waals surface area contributed by atoms with E-state index in [1.807, 2.05) is 19.3 Å². The third-order valence-electron chi connectivity index (χ3n) is 3.15. The maximum absolute atomic E-state index is 11.6. The van der Waals surface area contributed by atoms with Crippen molar-refractivity contribution in [2.45, 2.75) is 13.0 Å². The van der Waals surface area contributed by atoms with Crippen molar-refractivity contribution in [1.82, 2.24) is 10.3 Å². The van der Waals surface area contributed by atoms with Gasteiger partial charge in [0.2, 0.25) is 0 Å². The van der Waals surface area contributed by atoms with Gasteiger partial charge in [-0.15, -0.1) is 0 Å². The minimum atomic E-state index is -2.86. The van der Waals surface area contributed by atoms with Crippen molar-refractivity contribution < 1.29 is 8.42 Å². The Kier molecular flexibility index (Phi) is 4.19. The van der Waals surface area contributed by atoms with Crippen molar-refractivity contribution in [1.29, 1.82) is 0 Å². The SMILES string of the molecule is CNCc1ccncc1N1CCCS(=O)(=O)CC1. The average molecular weight is 269 g/mol. The van der Waals surface area contributed by atoms with Crippen LogP contribution in [0.1, 0.15) is 12.0 Å². The highest BCUT2D eigenvalue weighted by atomic mass is 32.2. The normalized spacial score (nSPS) is 19.5. The number of aromatic nitrogens is 1. The zero-order valence-corrected chi connectivity index (χ0v) is 11.4. The molecule has 5 nitrogen and oxygen atoms in total. The third kappa shape index (κ3) is 3.20. The molecule has 1 aliphatic rings. The lowest BCUT2D eigenvalue weighted by atomic mass is 10.2. The second-order valence-corrected chi connectivity index (χ2v) is 6.83. The van der Waals surface area contributed by atoms with Crippen LogP contribution in [-0.2, 0) is 16.4 Å². The van der Waals surface area contributed by atoms with Crippen LogP contribution in [0.2, 0.25) is 0 Å². The summed E-state index contributed by atoms with van der Waals surface area (Å²) < 4.78 is 23.2. The highest BCUT2D eigenvalue weighted by Gasteiger charge is 2.20. The summed E-state index contributed by atoms with van der Waals surface area (Å²) in [6, 6.07) is 1.98. The van der Waals surface area contributed by atoms with E-state index in [0.717, 1.165) is 24.3 Å². The van der Waals surface area contributed by atoms with E-state index in [0.29, 0.717) is 18.7 Å². The number of anilines is 1. The molecule has 2 heterocycles. The fourth-order valence-electron chi connectivity index (χ4n) is 2.22. The molecule has 100 valence electrons. The highest BCUT2D eigenvalue weighted by molar-refractivity contribution is 7.91. The van der Waals surface area contributed by atoms with Gasteiger partial charge in [0, 0.05) is 25.8 Å². The number of rotatable bonds is 3. The molecule has 1 aromatic heterocycles. The standard InChI is InChI=1S/C12H19N3O2S/c1-13-9-11-3-4-14-10-12(11)15-5-2-7-18(16,17)8-6-15/h3-4,10,13H,2,5-9H2,1H3. The first-order valence-corrected chi connectivity index (χ1v) is 7.97. The minimum Gasteiger partial charge on any atom is -0.369 e. The van der Waals surface area contributed by atoms with Crippen LogP contribution in [0.4, 0.5) is 5.69 Å². The van der Waals surface area contributed by atoms with Gasteiger partial charge in [-0.3, -0.25) is 4.98 Å². The molecule has 0 unspecified atom stereocenters. The van der Waals surface area contributed by atoms with Crippen LogP contribution in [-0.4, -0.2) is 45.0 Å². The van der Waals surface area contributed by atoms with Crippen molar-refractivity contribution in [3.8, 4) is 0 Å². The zero-order chi connectivity index (χ0) is 13.0. The van der Waals surface area contributed by atoms with E-state index in [9.17, 15) is 8.42 Å². The van der Waals surface area contributed by atoms with Gasteiger partial charge in [-0.1, -0.05) is 0 Å². The second-order valence-electron chi connectivity index (χ2n) is 4.53. The smallest absolute Gasteiger partial charge is 0.152 e. The monoisotopic (exact) mass is 269 g/mol. The lowest BCUT2D eigenvalue weighted by Crippen LogP contribution is -2.28. The van der Waals surface area contributed by atoms with Crippen molar-refractivity contribution in [3.05, 3.63) is 24.0 Å². The summed E-state index contributed by atoms with van der Waals surface area (Å²) >= 11 is 0. The predicted molar refractivity (Wildman–Crippen MR) is 72.5 cm³/mol. The van der Waals surface area contributed by atoms with Gasteiger partial charge < -0.3 is 10.2 Å². The quantitative estimate of drug-likeness (QED) is 0.862. The van der Waals surface area contributed by atoms with Crippen molar-refractivity contribution in [2.75, 3.05) is 36.5 Å². The third-order valence-corrected chi connectivity index (χ3v) is 4.87. The first-order chi connectivity index (χ1) is 8.62. The van der Waals surface area contributed by atoms with Crippen LogP contribution in [0.5, 0.6) is 0 Å². The Bertz CT molecular complexity index is 502. The summed E-state index contributed by atoms with van der Waals surface area (Å²) in [6.45, 7) is 2.10. The summed E-state index contributed by atoms with van der Waals surface area (Å²) in [5.74, 6) is 0.534. The Morgan fingerprint density at radius 2 is 2.22 bits per heavy atom. The molecule has 2 rings (SSSR count). The number of nitrogens with one attached hydrogen (secondary N) is 1. The Morgan fingerprint density at radius 1 is 1.39 bits per heavy atom. The van der Waals surface area contributed by atoms with Crippen molar-refractivity contribution in [3.63, 3.8) is 0 Å². The molecule has 6 heteroatoms. The number of hydrogen-bond acceptors (Lipinski definition) is 5. The average Bonchev–Trinajstić information content (AvgIpc) is 2.52. The van der Waals surface area contributed by atoms with Crippen molar-refractivity contribution >= 4 is 15.5 Å². The zero-order valence-electron chi connectivity index (χ0n) is 10.6. The summed E-state index contributed by atoms with van der Waals surface area (Å²) in [5.41, 5.74) is 2.20. The van der Waals surface area contributed by atoms with E-state index in [4.69, 9.17) is 0 Å². The van der Waals surface area contributed by atoms with Crippen molar-refractivity contribution in [2.24, 2.45) is 0 Å². The topological polar surface area (TPSA) is 62.3 Å². The van der Waals surface area contributed by atoms with Crippen LogP contribution >= 0.6 is 0 Å². The fraction of sp³-hybridized carbons (Fsp3) is 0.583. The summed E-state index contributed by atoms with van der Waals surface area (Å²) in [7, 11) is -0.963. The fourth-order valence-corrected chi connectivity index (χ4v) is 3.49.